The molecule has 0 aliphatic carbocycles. The Morgan fingerprint density at radius 2 is 1.48 bits per heavy atom. The quantitative estimate of drug-likeness (QED) is 0.743. The molecule has 0 aliphatic heterocycles. The van der Waals surface area contributed by atoms with E-state index in [1.165, 1.54) is 10.8 Å². The van der Waals surface area contributed by atoms with Crippen LogP contribution in [0.25, 0.3) is 10.8 Å². The maximum atomic E-state index is 11.0. The summed E-state index contributed by atoms with van der Waals surface area (Å²) < 4.78 is 11.0. The first-order valence-electron chi connectivity index (χ1n) is 6.64. The summed E-state index contributed by atoms with van der Waals surface area (Å²) in [6.45, 7) is 0. The van der Waals surface area contributed by atoms with E-state index in [9.17, 15) is 4.57 Å². The number of hydrogen-bond donors (Lipinski definition) is 1. The van der Waals surface area contributed by atoms with Crippen molar-refractivity contribution in [1.29, 1.82) is 0 Å². The van der Waals surface area contributed by atoms with Gasteiger partial charge in [-0.3, -0.25) is 0 Å². The molecule has 3 aromatic rings. The smallest absolute Gasteiger partial charge is 0.345 e. The normalized spacial score (nSPS) is 11.4. The minimum atomic E-state index is -2.27. The van der Waals surface area contributed by atoms with Crippen molar-refractivity contribution in [2.24, 2.45) is 0 Å². The average molecular weight is 296 g/mol. The fourth-order valence-corrected chi connectivity index (χ4v) is 2.74. The summed E-state index contributed by atoms with van der Waals surface area (Å²) in [6, 6.07) is 21.6. The summed E-state index contributed by atoms with van der Waals surface area (Å²) in [4.78, 5) is 11.1. The second kappa shape index (κ2) is 5.65. The summed E-state index contributed by atoms with van der Waals surface area (Å²) in [5.74, 6) is 0. The van der Waals surface area contributed by atoms with E-state index in [0.717, 1.165) is 11.4 Å². The third-order valence-corrected chi connectivity index (χ3v) is 4.32. The SMILES string of the molecule is CN(c1ccc([P+](=O)O)cc1)c1ccc2ccccc2c1. The fourth-order valence-electron chi connectivity index (χ4n) is 2.34. The van der Waals surface area contributed by atoms with Crippen molar-refractivity contribution in [1.82, 2.24) is 0 Å². The van der Waals surface area contributed by atoms with Gasteiger partial charge in [0.05, 0.1) is 0 Å². The Morgan fingerprint density at radius 1 is 0.857 bits per heavy atom. The third kappa shape index (κ3) is 2.80. The Hall–Kier alpha value is -2.22. The van der Waals surface area contributed by atoms with Gasteiger partial charge in [-0.25, -0.2) is 0 Å². The first-order chi connectivity index (χ1) is 10.1. The highest BCUT2D eigenvalue weighted by molar-refractivity contribution is 7.47. The molecule has 0 bridgehead atoms. The van der Waals surface area contributed by atoms with Gasteiger partial charge in [0.25, 0.3) is 0 Å². The monoisotopic (exact) mass is 296 g/mol. The maximum absolute atomic E-state index is 11.0. The number of hydrogen-bond acceptors (Lipinski definition) is 2. The Kier molecular flexibility index (Phi) is 3.70. The lowest BCUT2D eigenvalue weighted by atomic mass is 10.1. The van der Waals surface area contributed by atoms with E-state index in [-0.39, 0.29) is 0 Å². The third-order valence-electron chi connectivity index (χ3n) is 3.58. The number of nitrogens with zero attached hydrogens (tertiary/aromatic N) is 1. The van der Waals surface area contributed by atoms with Gasteiger partial charge in [-0.1, -0.05) is 30.3 Å². The van der Waals surface area contributed by atoms with Crippen LogP contribution >= 0.6 is 8.03 Å². The summed E-state index contributed by atoms with van der Waals surface area (Å²) >= 11 is 0. The van der Waals surface area contributed by atoms with E-state index < -0.39 is 8.03 Å². The number of benzene rings is 3. The molecule has 0 saturated heterocycles. The lowest BCUT2D eigenvalue weighted by Crippen LogP contribution is -2.10. The summed E-state index contributed by atoms with van der Waals surface area (Å²) in [7, 11) is -0.289. The Bertz CT molecular complexity index is 799. The van der Waals surface area contributed by atoms with Crippen molar-refractivity contribution in [2.75, 3.05) is 11.9 Å². The van der Waals surface area contributed by atoms with Gasteiger partial charge in [0.1, 0.15) is 0 Å². The lowest BCUT2D eigenvalue weighted by molar-refractivity contribution is 0.513. The highest BCUT2D eigenvalue weighted by atomic mass is 31.1. The van der Waals surface area contributed by atoms with Gasteiger partial charge < -0.3 is 4.90 Å². The predicted molar refractivity (Wildman–Crippen MR) is 87.9 cm³/mol. The first-order valence-corrected chi connectivity index (χ1v) is 7.85. The van der Waals surface area contributed by atoms with Crippen LogP contribution in [-0.2, 0) is 4.57 Å². The Balaban J connectivity index is 1.95. The molecule has 0 heterocycles. The van der Waals surface area contributed by atoms with Crippen molar-refractivity contribution in [3.05, 3.63) is 66.7 Å². The van der Waals surface area contributed by atoms with Crippen LogP contribution in [0.15, 0.2) is 66.7 Å². The van der Waals surface area contributed by atoms with Gasteiger partial charge in [0, 0.05) is 18.4 Å². The number of anilines is 2. The molecule has 0 amide bonds. The zero-order valence-corrected chi connectivity index (χ0v) is 12.5. The molecule has 0 fully saturated rings. The van der Waals surface area contributed by atoms with Gasteiger partial charge in [-0.05, 0) is 51.7 Å². The van der Waals surface area contributed by atoms with Crippen LogP contribution in [0.3, 0.4) is 0 Å². The molecular formula is C17H15NO2P+. The molecule has 0 aromatic heterocycles. The molecular weight excluding hydrogens is 281 g/mol. The average Bonchev–Trinajstić information content (AvgIpc) is 2.54. The van der Waals surface area contributed by atoms with E-state index in [4.69, 9.17) is 4.89 Å². The van der Waals surface area contributed by atoms with Gasteiger partial charge in [-0.15, -0.1) is 0 Å². The van der Waals surface area contributed by atoms with Crippen LogP contribution in [0.2, 0.25) is 0 Å². The maximum Gasteiger partial charge on any atom is 0.546 e. The van der Waals surface area contributed by atoms with E-state index in [1.807, 2.05) is 31.3 Å². The van der Waals surface area contributed by atoms with Crippen LogP contribution in [0.1, 0.15) is 0 Å². The molecule has 1 N–H and O–H groups in total. The highest BCUT2D eigenvalue weighted by Crippen LogP contribution is 2.27. The largest absolute Gasteiger partial charge is 0.546 e. The molecule has 104 valence electrons. The Morgan fingerprint density at radius 3 is 2.14 bits per heavy atom. The van der Waals surface area contributed by atoms with Crippen molar-refractivity contribution in [2.45, 2.75) is 0 Å². The summed E-state index contributed by atoms with van der Waals surface area (Å²) in [6.07, 6.45) is 0. The second-order valence-electron chi connectivity index (χ2n) is 4.88. The van der Waals surface area contributed by atoms with E-state index in [0.29, 0.717) is 5.30 Å². The lowest BCUT2D eigenvalue weighted by Gasteiger charge is -2.19. The van der Waals surface area contributed by atoms with E-state index >= 15 is 0 Å². The predicted octanol–water partition coefficient (Wildman–Crippen LogP) is 3.97. The molecule has 0 radical (unpaired) electrons. The van der Waals surface area contributed by atoms with Gasteiger partial charge in [-0.2, -0.15) is 4.89 Å². The van der Waals surface area contributed by atoms with Crippen LogP contribution in [0.5, 0.6) is 0 Å². The zero-order valence-electron chi connectivity index (χ0n) is 11.6. The number of fused-ring (bicyclic) bond motifs is 1. The van der Waals surface area contributed by atoms with Crippen molar-refractivity contribution >= 4 is 35.5 Å². The highest BCUT2D eigenvalue weighted by Gasteiger charge is 2.15. The van der Waals surface area contributed by atoms with Gasteiger partial charge >= 0.3 is 8.03 Å². The topological polar surface area (TPSA) is 40.5 Å². The first kappa shape index (κ1) is 13.7. The van der Waals surface area contributed by atoms with E-state index in [1.54, 1.807) is 12.1 Å². The zero-order chi connectivity index (χ0) is 14.8. The summed E-state index contributed by atoms with van der Waals surface area (Å²) in [5, 5.41) is 2.85. The van der Waals surface area contributed by atoms with Gasteiger partial charge in [0.2, 0.25) is 5.30 Å². The van der Waals surface area contributed by atoms with Crippen LogP contribution in [-0.4, -0.2) is 11.9 Å². The standard InChI is InChI=1S/C17H14NO2P/c1-18(15-8-10-17(11-9-15)21(19)20)16-7-6-13-4-2-3-5-14(13)12-16/h2-12H,1H3/p+1. The number of rotatable bonds is 3. The molecule has 3 nitrogen and oxygen atoms in total. The molecule has 0 saturated carbocycles. The second-order valence-corrected chi connectivity index (χ2v) is 5.94. The molecule has 3 aromatic carbocycles. The molecule has 3 rings (SSSR count). The minimum absolute atomic E-state index is 0.445. The van der Waals surface area contributed by atoms with Crippen LogP contribution < -0.4 is 10.2 Å². The molecule has 0 spiro atoms. The van der Waals surface area contributed by atoms with E-state index in [2.05, 4.69) is 35.2 Å². The molecule has 1 unspecified atom stereocenters. The van der Waals surface area contributed by atoms with Crippen molar-refractivity contribution in [3.8, 4) is 0 Å². The molecule has 0 aliphatic rings. The minimum Gasteiger partial charge on any atom is -0.345 e. The van der Waals surface area contributed by atoms with Crippen molar-refractivity contribution in [3.63, 3.8) is 0 Å². The molecule has 1 atom stereocenters. The van der Waals surface area contributed by atoms with Crippen molar-refractivity contribution < 1.29 is 9.46 Å². The van der Waals surface area contributed by atoms with Crippen LogP contribution in [0, 0.1) is 0 Å². The fraction of sp³-hybridized carbons (Fsp3) is 0.0588. The summed E-state index contributed by atoms with van der Waals surface area (Å²) in [5.41, 5.74) is 2.06. The van der Waals surface area contributed by atoms with Crippen LogP contribution in [0.4, 0.5) is 11.4 Å². The molecule has 4 heteroatoms. The molecule has 21 heavy (non-hydrogen) atoms. The Labute approximate surface area is 124 Å². The van der Waals surface area contributed by atoms with Gasteiger partial charge in [0.15, 0.2) is 0 Å².